The summed E-state index contributed by atoms with van der Waals surface area (Å²) < 4.78 is 10.7. The van der Waals surface area contributed by atoms with Gasteiger partial charge in [0.25, 0.3) is 11.8 Å². The van der Waals surface area contributed by atoms with Crippen LogP contribution >= 0.6 is 0 Å². The molecule has 0 bridgehead atoms. The molecule has 116 valence electrons. The van der Waals surface area contributed by atoms with E-state index in [2.05, 4.69) is 15.5 Å². The minimum atomic E-state index is -0.738. The second-order valence-electron chi connectivity index (χ2n) is 5.96. The predicted molar refractivity (Wildman–Crippen MR) is 79.4 cm³/mol. The Kier molecular flexibility index (Phi) is 3.94. The number of rotatable bonds is 4. The summed E-state index contributed by atoms with van der Waals surface area (Å²) in [5.74, 6) is 1.06. The van der Waals surface area contributed by atoms with E-state index in [1.165, 1.54) is 0 Å². The van der Waals surface area contributed by atoms with Crippen LogP contribution in [0.15, 0.2) is 34.9 Å². The van der Waals surface area contributed by atoms with Crippen molar-refractivity contribution < 1.29 is 14.1 Å². The average molecular weight is 301 g/mol. The molecule has 1 N–H and O–H groups in total. The second kappa shape index (κ2) is 5.88. The van der Waals surface area contributed by atoms with Gasteiger partial charge in [0, 0.05) is 18.1 Å². The van der Waals surface area contributed by atoms with Gasteiger partial charge in [0.1, 0.15) is 5.54 Å². The highest BCUT2D eigenvalue weighted by Gasteiger charge is 2.32. The summed E-state index contributed by atoms with van der Waals surface area (Å²) in [6, 6.07) is 9.05. The van der Waals surface area contributed by atoms with Crippen molar-refractivity contribution in [1.82, 2.24) is 15.5 Å². The number of aromatic nitrogens is 2. The van der Waals surface area contributed by atoms with Crippen molar-refractivity contribution in [2.24, 2.45) is 0 Å². The molecule has 2 heterocycles. The van der Waals surface area contributed by atoms with Gasteiger partial charge in [-0.1, -0.05) is 23.4 Å². The molecule has 22 heavy (non-hydrogen) atoms. The van der Waals surface area contributed by atoms with Gasteiger partial charge in [-0.05, 0) is 32.4 Å². The zero-order valence-corrected chi connectivity index (χ0v) is 12.7. The summed E-state index contributed by atoms with van der Waals surface area (Å²) in [6.07, 6.45) is 0.899. The van der Waals surface area contributed by atoms with Crippen LogP contribution in [0.5, 0.6) is 0 Å². The molecule has 1 saturated heterocycles. The summed E-state index contributed by atoms with van der Waals surface area (Å²) in [6.45, 7) is 5.03. The monoisotopic (exact) mass is 301 g/mol. The van der Waals surface area contributed by atoms with Gasteiger partial charge in [0.05, 0.1) is 6.61 Å². The number of benzene rings is 1. The highest BCUT2D eigenvalue weighted by molar-refractivity contribution is 5.94. The Bertz CT molecular complexity index is 646. The third kappa shape index (κ3) is 3.01. The second-order valence-corrected chi connectivity index (χ2v) is 5.96. The Morgan fingerprint density at radius 2 is 2.09 bits per heavy atom. The van der Waals surface area contributed by atoms with Crippen LogP contribution in [0.2, 0.25) is 0 Å². The van der Waals surface area contributed by atoms with Crippen molar-refractivity contribution in [1.29, 1.82) is 0 Å². The maximum Gasteiger partial charge on any atom is 0.252 e. The molecule has 6 nitrogen and oxygen atoms in total. The molecule has 1 aliphatic heterocycles. The van der Waals surface area contributed by atoms with Crippen molar-refractivity contribution in [3.05, 3.63) is 47.6 Å². The van der Waals surface area contributed by atoms with Crippen LogP contribution in [-0.4, -0.2) is 29.3 Å². The molecule has 3 rings (SSSR count). The van der Waals surface area contributed by atoms with Crippen molar-refractivity contribution in [2.75, 3.05) is 13.2 Å². The highest BCUT2D eigenvalue weighted by atomic mass is 16.5. The summed E-state index contributed by atoms with van der Waals surface area (Å²) in [4.78, 5) is 16.7. The first-order chi connectivity index (χ1) is 10.6. The molecule has 0 radical (unpaired) electrons. The van der Waals surface area contributed by atoms with Crippen LogP contribution in [0.25, 0.3) is 0 Å². The normalized spacial score (nSPS) is 18.4. The standard InChI is InChI=1S/C16H19N3O3/c1-16(2,18-14(20)11-6-4-3-5-7-11)15-17-13(19-22-15)12-8-9-21-10-12/h3-7,12H,8-10H2,1-2H3,(H,18,20)/t12-/m1/s1. The van der Waals surface area contributed by atoms with Crippen LogP contribution in [0.4, 0.5) is 0 Å². The number of amides is 1. The predicted octanol–water partition coefficient (Wildman–Crippen LogP) is 2.24. The van der Waals surface area contributed by atoms with Crippen LogP contribution < -0.4 is 5.32 Å². The quantitative estimate of drug-likeness (QED) is 0.937. The highest BCUT2D eigenvalue weighted by Crippen LogP contribution is 2.25. The maximum atomic E-state index is 12.3. The van der Waals surface area contributed by atoms with Gasteiger partial charge in [-0.2, -0.15) is 4.98 Å². The molecule has 0 saturated carbocycles. The number of nitrogens with zero attached hydrogens (tertiary/aromatic N) is 2. The molecule has 0 unspecified atom stereocenters. The Balaban J connectivity index is 1.73. The van der Waals surface area contributed by atoms with E-state index in [1.807, 2.05) is 32.0 Å². The van der Waals surface area contributed by atoms with Gasteiger partial charge in [-0.25, -0.2) is 0 Å². The average Bonchev–Trinajstić information content (AvgIpc) is 3.19. The molecule has 1 atom stereocenters. The fraction of sp³-hybridized carbons (Fsp3) is 0.438. The topological polar surface area (TPSA) is 77.2 Å². The smallest absolute Gasteiger partial charge is 0.252 e. The molecule has 1 fully saturated rings. The van der Waals surface area contributed by atoms with Crippen molar-refractivity contribution in [3.63, 3.8) is 0 Å². The molecule has 1 amide bonds. The van der Waals surface area contributed by atoms with Gasteiger partial charge in [-0.15, -0.1) is 0 Å². The third-order valence-corrected chi connectivity index (χ3v) is 3.73. The van der Waals surface area contributed by atoms with Gasteiger partial charge in [0.15, 0.2) is 5.82 Å². The third-order valence-electron chi connectivity index (χ3n) is 3.73. The van der Waals surface area contributed by atoms with Gasteiger partial charge < -0.3 is 14.6 Å². The number of carbonyl (C=O) groups is 1. The first-order valence-corrected chi connectivity index (χ1v) is 7.35. The fourth-order valence-electron chi connectivity index (χ4n) is 2.39. The van der Waals surface area contributed by atoms with Gasteiger partial charge in [-0.3, -0.25) is 4.79 Å². The summed E-state index contributed by atoms with van der Waals surface area (Å²) in [5.41, 5.74) is -0.142. The fourth-order valence-corrected chi connectivity index (χ4v) is 2.39. The van der Waals surface area contributed by atoms with Crippen molar-refractivity contribution >= 4 is 5.91 Å². The van der Waals surface area contributed by atoms with Crippen molar-refractivity contribution in [3.8, 4) is 0 Å². The zero-order chi connectivity index (χ0) is 15.6. The lowest BCUT2D eigenvalue weighted by Crippen LogP contribution is -2.41. The van der Waals surface area contributed by atoms with E-state index in [9.17, 15) is 4.79 Å². The summed E-state index contributed by atoms with van der Waals surface area (Å²) in [7, 11) is 0. The SMILES string of the molecule is CC(C)(NC(=O)c1ccccc1)c1nc([C@@H]2CCOC2)no1. The molecule has 0 spiro atoms. The maximum absolute atomic E-state index is 12.3. The summed E-state index contributed by atoms with van der Waals surface area (Å²) in [5, 5.41) is 6.95. The number of nitrogens with one attached hydrogen (secondary N) is 1. The number of carbonyl (C=O) groups excluding carboxylic acids is 1. The first kappa shape index (κ1) is 14.7. The lowest BCUT2D eigenvalue weighted by atomic mass is 10.0. The van der Waals surface area contributed by atoms with E-state index < -0.39 is 5.54 Å². The van der Waals surface area contributed by atoms with E-state index >= 15 is 0 Å². The van der Waals surface area contributed by atoms with Crippen LogP contribution in [-0.2, 0) is 10.3 Å². The molecule has 1 aromatic heterocycles. The van der Waals surface area contributed by atoms with E-state index in [-0.39, 0.29) is 11.8 Å². The van der Waals surface area contributed by atoms with Gasteiger partial charge in [0.2, 0.25) is 0 Å². The largest absolute Gasteiger partial charge is 0.381 e. The number of hydrogen-bond acceptors (Lipinski definition) is 5. The van der Waals surface area contributed by atoms with Crippen molar-refractivity contribution in [2.45, 2.75) is 31.7 Å². The molecular formula is C16H19N3O3. The van der Waals surface area contributed by atoms with Crippen LogP contribution in [0.1, 0.15) is 48.3 Å². The first-order valence-electron chi connectivity index (χ1n) is 7.35. The minimum absolute atomic E-state index is 0.172. The van der Waals surface area contributed by atoms with Gasteiger partial charge >= 0.3 is 0 Å². The van der Waals surface area contributed by atoms with Crippen LogP contribution in [0, 0.1) is 0 Å². The van der Waals surface area contributed by atoms with E-state index in [0.717, 1.165) is 13.0 Å². The molecule has 6 heteroatoms. The minimum Gasteiger partial charge on any atom is -0.381 e. The lowest BCUT2D eigenvalue weighted by Gasteiger charge is -2.21. The molecule has 2 aromatic rings. The Hall–Kier alpha value is -2.21. The molecule has 0 aliphatic carbocycles. The zero-order valence-electron chi connectivity index (χ0n) is 12.7. The Labute approximate surface area is 128 Å². The molecule has 1 aromatic carbocycles. The Morgan fingerprint density at radius 3 is 2.77 bits per heavy atom. The number of ether oxygens (including phenoxy) is 1. The molecule has 1 aliphatic rings. The van der Waals surface area contributed by atoms with E-state index in [4.69, 9.17) is 9.26 Å². The Morgan fingerprint density at radius 1 is 1.32 bits per heavy atom. The van der Waals surface area contributed by atoms with Crippen LogP contribution in [0.3, 0.4) is 0 Å². The lowest BCUT2D eigenvalue weighted by molar-refractivity contribution is 0.0895. The summed E-state index contributed by atoms with van der Waals surface area (Å²) >= 11 is 0. The number of hydrogen-bond donors (Lipinski definition) is 1. The van der Waals surface area contributed by atoms with E-state index in [1.54, 1.807) is 12.1 Å². The van der Waals surface area contributed by atoms with E-state index in [0.29, 0.717) is 23.9 Å². The molecular weight excluding hydrogens is 282 g/mol.